The van der Waals surface area contributed by atoms with Crippen molar-refractivity contribution in [2.45, 2.75) is 19.1 Å². The molecule has 3 nitrogen and oxygen atoms in total. The van der Waals surface area contributed by atoms with E-state index >= 15 is 0 Å². The van der Waals surface area contributed by atoms with Crippen LogP contribution in [0.5, 0.6) is 5.75 Å². The van der Waals surface area contributed by atoms with Gasteiger partial charge in [-0.1, -0.05) is 30.3 Å². The molecular formula is C17H19NO2. The van der Waals surface area contributed by atoms with Crippen LogP contribution in [0, 0.1) is 0 Å². The summed E-state index contributed by atoms with van der Waals surface area (Å²) in [6.07, 6.45) is 0.450. The molecule has 3 rings (SSSR count). The fourth-order valence-corrected chi connectivity index (χ4v) is 2.73. The number of anilines is 1. The molecule has 0 fully saturated rings. The zero-order chi connectivity index (χ0) is 13.9. The second-order valence-corrected chi connectivity index (χ2v) is 5.13. The summed E-state index contributed by atoms with van der Waals surface area (Å²) >= 11 is 0. The molecule has 1 unspecified atom stereocenters. The molecule has 104 valence electrons. The Morgan fingerprint density at radius 3 is 2.65 bits per heavy atom. The number of benzene rings is 2. The van der Waals surface area contributed by atoms with Crippen LogP contribution in [0.25, 0.3) is 0 Å². The first-order valence-electron chi connectivity index (χ1n) is 6.93. The summed E-state index contributed by atoms with van der Waals surface area (Å²) in [6.45, 7) is 1.73. The van der Waals surface area contributed by atoms with Crippen LogP contribution in [-0.2, 0) is 6.54 Å². The van der Waals surface area contributed by atoms with E-state index in [9.17, 15) is 5.11 Å². The normalized spacial score (nSPS) is 17.7. The summed E-state index contributed by atoms with van der Waals surface area (Å²) in [5.41, 5.74) is 3.42. The van der Waals surface area contributed by atoms with Crippen LogP contribution in [0.2, 0.25) is 0 Å². The highest BCUT2D eigenvalue weighted by atomic mass is 16.5. The van der Waals surface area contributed by atoms with Crippen molar-refractivity contribution in [3.05, 3.63) is 59.7 Å². The molecule has 1 heterocycles. The number of methoxy groups -OCH3 is 1. The molecule has 3 heteroatoms. The van der Waals surface area contributed by atoms with Gasteiger partial charge in [-0.25, -0.2) is 0 Å². The number of aliphatic hydroxyl groups excluding tert-OH is 1. The van der Waals surface area contributed by atoms with E-state index in [1.165, 1.54) is 5.56 Å². The Balaban J connectivity index is 1.82. The van der Waals surface area contributed by atoms with Gasteiger partial charge in [0.2, 0.25) is 0 Å². The van der Waals surface area contributed by atoms with Crippen molar-refractivity contribution in [2.24, 2.45) is 0 Å². The fourth-order valence-electron chi connectivity index (χ4n) is 2.73. The van der Waals surface area contributed by atoms with E-state index in [1.807, 2.05) is 30.3 Å². The highest BCUT2D eigenvalue weighted by molar-refractivity contribution is 5.56. The lowest BCUT2D eigenvalue weighted by atomic mass is 9.98. The third kappa shape index (κ3) is 2.49. The number of para-hydroxylation sites is 1. The van der Waals surface area contributed by atoms with Crippen LogP contribution in [0.4, 0.5) is 5.69 Å². The van der Waals surface area contributed by atoms with Crippen molar-refractivity contribution < 1.29 is 9.84 Å². The molecular weight excluding hydrogens is 250 g/mol. The Morgan fingerprint density at radius 2 is 1.90 bits per heavy atom. The first kappa shape index (κ1) is 13.0. The molecule has 0 spiro atoms. The van der Waals surface area contributed by atoms with Crippen molar-refractivity contribution in [1.29, 1.82) is 0 Å². The maximum Gasteiger partial charge on any atom is 0.118 e. The van der Waals surface area contributed by atoms with Gasteiger partial charge in [0.05, 0.1) is 13.2 Å². The SMILES string of the molecule is COc1ccc(CN2CCC(O)c3ccccc32)cc1. The Hall–Kier alpha value is -2.00. The van der Waals surface area contributed by atoms with Crippen molar-refractivity contribution >= 4 is 5.69 Å². The highest BCUT2D eigenvalue weighted by Crippen LogP contribution is 2.34. The number of rotatable bonds is 3. The maximum absolute atomic E-state index is 10.1. The predicted molar refractivity (Wildman–Crippen MR) is 80.1 cm³/mol. The second-order valence-electron chi connectivity index (χ2n) is 5.13. The monoisotopic (exact) mass is 269 g/mol. The van der Waals surface area contributed by atoms with Crippen molar-refractivity contribution in [3.63, 3.8) is 0 Å². The van der Waals surface area contributed by atoms with Gasteiger partial charge in [0.1, 0.15) is 5.75 Å². The molecule has 0 saturated heterocycles. The van der Waals surface area contributed by atoms with E-state index in [0.717, 1.165) is 36.5 Å². The molecule has 0 aliphatic carbocycles. The summed E-state index contributed by atoms with van der Waals surface area (Å²) in [5, 5.41) is 10.1. The van der Waals surface area contributed by atoms with Crippen molar-refractivity contribution in [1.82, 2.24) is 0 Å². The van der Waals surface area contributed by atoms with Crippen molar-refractivity contribution in [3.8, 4) is 5.75 Å². The van der Waals surface area contributed by atoms with Crippen LogP contribution in [-0.4, -0.2) is 18.8 Å². The standard InChI is InChI=1S/C17H19NO2/c1-20-14-8-6-13(7-9-14)12-18-11-10-17(19)15-4-2-3-5-16(15)18/h2-9,17,19H,10-12H2,1H3. The van der Waals surface area contributed by atoms with E-state index in [0.29, 0.717) is 0 Å². The molecule has 1 aliphatic rings. The van der Waals surface area contributed by atoms with Crippen LogP contribution >= 0.6 is 0 Å². The Kier molecular flexibility index (Phi) is 3.61. The van der Waals surface area contributed by atoms with Gasteiger partial charge in [-0.2, -0.15) is 0 Å². The molecule has 0 saturated carbocycles. The molecule has 0 amide bonds. The van der Waals surface area contributed by atoms with Gasteiger partial charge in [-0.3, -0.25) is 0 Å². The first-order valence-corrected chi connectivity index (χ1v) is 6.93. The van der Waals surface area contributed by atoms with Gasteiger partial charge >= 0.3 is 0 Å². The molecule has 1 atom stereocenters. The second kappa shape index (κ2) is 5.55. The van der Waals surface area contributed by atoms with Crippen molar-refractivity contribution in [2.75, 3.05) is 18.6 Å². The largest absolute Gasteiger partial charge is 0.497 e. The van der Waals surface area contributed by atoms with E-state index in [4.69, 9.17) is 4.74 Å². The van der Waals surface area contributed by atoms with Gasteiger partial charge in [-0.05, 0) is 30.2 Å². The lowest BCUT2D eigenvalue weighted by Crippen LogP contribution is -2.30. The summed E-state index contributed by atoms with van der Waals surface area (Å²) < 4.78 is 5.18. The van der Waals surface area contributed by atoms with Gasteiger partial charge in [0.15, 0.2) is 0 Å². The van der Waals surface area contributed by atoms with E-state index in [2.05, 4.69) is 23.1 Å². The lowest BCUT2D eigenvalue weighted by Gasteiger charge is -2.33. The van der Waals surface area contributed by atoms with Crippen LogP contribution in [0.1, 0.15) is 23.7 Å². The third-order valence-corrected chi connectivity index (χ3v) is 3.84. The molecule has 1 N–H and O–H groups in total. The average Bonchev–Trinajstić information content (AvgIpc) is 2.51. The number of ether oxygens (including phenoxy) is 1. The Morgan fingerprint density at radius 1 is 1.15 bits per heavy atom. The third-order valence-electron chi connectivity index (χ3n) is 3.84. The lowest BCUT2D eigenvalue weighted by molar-refractivity contribution is 0.164. The number of aliphatic hydroxyl groups is 1. The highest BCUT2D eigenvalue weighted by Gasteiger charge is 2.22. The number of nitrogens with zero attached hydrogens (tertiary/aromatic N) is 1. The minimum atomic E-state index is -0.335. The topological polar surface area (TPSA) is 32.7 Å². The van der Waals surface area contributed by atoms with Crippen LogP contribution in [0.15, 0.2) is 48.5 Å². The average molecular weight is 269 g/mol. The smallest absolute Gasteiger partial charge is 0.118 e. The van der Waals surface area contributed by atoms with Gasteiger partial charge in [0, 0.05) is 24.3 Å². The number of fused-ring (bicyclic) bond motifs is 1. The molecule has 1 aliphatic heterocycles. The van der Waals surface area contributed by atoms with Gasteiger partial charge in [-0.15, -0.1) is 0 Å². The van der Waals surface area contributed by atoms with Crippen LogP contribution < -0.4 is 9.64 Å². The molecule has 0 radical (unpaired) electrons. The fraction of sp³-hybridized carbons (Fsp3) is 0.294. The van der Waals surface area contributed by atoms with E-state index < -0.39 is 0 Å². The Bertz CT molecular complexity index is 580. The zero-order valence-electron chi connectivity index (χ0n) is 11.6. The first-order chi connectivity index (χ1) is 9.78. The van der Waals surface area contributed by atoms with Crippen LogP contribution in [0.3, 0.4) is 0 Å². The molecule has 2 aromatic carbocycles. The number of hydrogen-bond donors (Lipinski definition) is 1. The zero-order valence-corrected chi connectivity index (χ0v) is 11.6. The molecule has 0 aromatic heterocycles. The van der Waals surface area contributed by atoms with Gasteiger partial charge in [0.25, 0.3) is 0 Å². The quantitative estimate of drug-likeness (QED) is 0.929. The summed E-state index contributed by atoms with van der Waals surface area (Å²) in [6, 6.07) is 16.3. The summed E-state index contributed by atoms with van der Waals surface area (Å²) in [7, 11) is 1.68. The minimum Gasteiger partial charge on any atom is -0.497 e. The van der Waals surface area contributed by atoms with E-state index in [-0.39, 0.29) is 6.10 Å². The van der Waals surface area contributed by atoms with Gasteiger partial charge < -0.3 is 14.7 Å². The summed E-state index contributed by atoms with van der Waals surface area (Å²) in [5.74, 6) is 0.878. The molecule has 2 aromatic rings. The molecule has 20 heavy (non-hydrogen) atoms. The predicted octanol–water partition coefficient (Wildman–Crippen LogP) is 3.14. The minimum absolute atomic E-state index is 0.335. The number of hydrogen-bond acceptors (Lipinski definition) is 3. The maximum atomic E-state index is 10.1. The summed E-state index contributed by atoms with van der Waals surface area (Å²) in [4.78, 5) is 2.32. The Labute approximate surface area is 119 Å². The molecule has 0 bridgehead atoms. The van der Waals surface area contributed by atoms with E-state index in [1.54, 1.807) is 7.11 Å².